The van der Waals surface area contributed by atoms with E-state index >= 15 is 0 Å². The average Bonchev–Trinajstić information content (AvgIpc) is 2.44. The molecule has 0 unspecified atom stereocenters. The molecule has 0 radical (unpaired) electrons. The first-order valence-electron chi connectivity index (χ1n) is 7.31. The Morgan fingerprint density at radius 2 is 2.14 bits per heavy atom. The van der Waals surface area contributed by atoms with Gasteiger partial charge in [0.25, 0.3) is 5.91 Å². The van der Waals surface area contributed by atoms with Crippen molar-refractivity contribution in [1.29, 1.82) is 0 Å². The van der Waals surface area contributed by atoms with Crippen LogP contribution < -0.4 is 5.32 Å². The lowest BCUT2D eigenvalue weighted by Crippen LogP contribution is -2.37. The molecule has 1 amide bonds. The minimum Gasteiger partial charge on any atom is -0.385 e. The van der Waals surface area contributed by atoms with E-state index in [-0.39, 0.29) is 5.91 Å². The Kier molecular flexibility index (Phi) is 7.54. The second-order valence-corrected chi connectivity index (χ2v) is 5.79. The number of carbonyl (C=O) groups excluding carboxylic acids is 1. The van der Waals surface area contributed by atoms with Gasteiger partial charge in [0.15, 0.2) is 0 Å². The van der Waals surface area contributed by atoms with Crippen LogP contribution in [0.5, 0.6) is 0 Å². The first-order chi connectivity index (χ1) is 9.99. The van der Waals surface area contributed by atoms with Crippen molar-refractivity contribution in [3.05, 3.63) is 28.8 Å². The number of carbonyl (C=O) groups is 1. The van der Waals surface area contributed by atoms with E-state index in [9.17, 15) is 4.79 Å². The van der Waals surface area contributed by atoms with E-state index in [1.807, 2.05) is 17.9 Å². The number of hydrogen-bond donors (Lipinski definition) is 1. The zero-order valence-corrected chi connectivity index (χ0v) is 14.0. The molecule has 0 spiro atoms. The second kappa shape index (κ2) is 8.90. The number of halogens is 1. The summed E-state index contributed by atoms with van der Waals surface area (Å²) in [5.41, 5.74) is 1.43. The molecule has 0 fully saturated rings. The van der Waals surface area contributed by atoms with Crippen molar-refractivity contribution in [2.75, 3.05) is 38.7 Å². The van der Waals surface area contributed by atoms with E-state index in [4.69, 9.17) is 16.3 Å². The van der Waals surface area contributed by atoms with Crippen LogP contribution in [0.4, 0.5) is 5.69 Å². The number of methoxy groups -OCH3 is 1. The topological polar surface area (TPSA) is 41.6 Å². The van der Waals surface area contributed by atoms with Gasteiger partial charge in [0.05, 0.1) is 12.2 Å². The van der Waals surface area contributed by atoms with Crippen LogP contribution in [0, 0.1) is 5.92 Å². The molecule has 0 heterocycles. The zero-order valence-electron chi connectivity index (χ0n) is 13.3. The molecule has 118 valence electrons. The normalized spacial score (nSPS) is 10.8. The lowest BCUT2D eigenvalue weighted by molar-refractivity contribution is 0.0673. The minimum atomic E-state index is -0.0146. The van der Waals surface area contributed by atoms with E-state index in [1.165, 1.54) is 0 Å². The van der Waals surface area contributed by atoms with Crippen molar-refractivity contribution in [3.63, 3.8) is 0 Å². The SMILES string of the molecule is CCNc1ccc(Cl)cc1C(=O)N(CCOC)CC(C)C. The molecular formula is C16H25ClN2O2. The predicted octanol–water partition coefficient (Wildman–Crippen LogP) is 3.52. The number of nitrogens with one attached hydrogen (secondary N) is 1. The maximum atomic E-state index is 12.8. The maximum Gasteiger partial charge on any atom is 0.256 e. The molecular weight excluding hydrogens is 288 g/mol. The fraction of sp³-hybridized carbons (Fsp3) is 0.562. The summed E-state index contributed by atoms with van der Waals surface area (Å²) >= 11 is 6.05. The summed E-state index contributed by atoms with van der Waals surface area (Å²) in [4.78, 5) is 14.6. The van der Waals surface area contributed by atoms with Gasteiger partial charge >= 0.3 is 0 Å². The molecule has 1 aromatic carbocycles. The van der Waals surface area contributed by atoms with Crippen LogP contribution in [0.3, 0.4) is 0 Å². The molecule has 0 aliphatic carbocycles. The monoisotopic (exact) mass is 312 g/mol. The highest BCUT2D eigenvalue weighted by Crippen LogP contribution is 2.22. The number of nitrogens with zero attached hydrogens (tertiary/aromatic N) is 1. The Morgan fingerprint density at radius 3 is 2.71 bits per heavy atom. The molecule has 0 atom stereocenters. The van der Waals surface area contributed by atoms with Crippen LogP contribution in [-0.2, 0) is 4.74 Å². The quantitative estimate of drug-likeness (QED) is 0.798. The highest BCUT2D eigenvalue weighted by molar-refractivity contribution is 6.31. The highest BCUT2D eigenvalue weighted by atomic mass is 35.5. The number of amides is 1. The van der Waals surface area contributed by atoms with Gasteiger partial charge in [0.1, 0.15) is 0 Å². The molecule has 0 saturated heterocycles. The lowest BCUT2D eigenvalue weighted by Gasteiger charge is -2.25. The summed E-state index contributed by atoms with van der Waals surface area (Å²) in [6, 6.07) is 5.36. The van der Waals surface area contributed by atoms with Crippen molar-refractivity contribution in [2.24, 2.45) is 5.92 Å². The molecule has 0 aliphatic rings. The van der Waals surface area contributed by atoms with Crippen molar-refractivity contribution in [3.8, 4) is 0 Å². The van der Waals surface area contributed by atoms with E-state index in [2.05, 4.69) is 19.2 Å². The molecule has 4 nitrogen and oxygen atoms in total. The van der Waals surface area contributed by atoms with Crippen molar-refractivity contribution >= 4 is 23.2 Å². The number of anilines is 1. The molecule has 0 bridgehead atoms. The lowest BCUT2D eigenvalue weighted by atomic mass is 10.1. The maximum absolute atomic E-state index is 12.8. The van der Waals surface area contributed by atoms with Gasteiger partial charge in [0, 0.05) is 37.5 Å². The fourth-order valence-corrected chi connectivity index (χ4v) is 2.30. The van der Waals surface area contributed by atoms with Crippen LogP contribution in [-0.4, -0.2) is 44.2 Å². The van der Waals surface area contributed by atoms with Gasteiger partial charge < -0.3 is 15.0 Å². The van der Waals surface area contributed by atoms with E-state index < -0.39 is 0 Å². The summed E-state index contributed by atoms with van der Waals surface area (Å²) in [6.45, 7) is 8.73. The van der Waals surface area contributed by atoms with Gasteiger partial charge in [0.2, 0.25) is 0 Å². The second-order valence-electron chi connectivity index (χ2n) is 5.36. The zero-order chi connectivity index (χ0) is 15.8. The van der Waals surface area contributed by atoms with Crippen LogP contribution in [0.25, 0.3) is 0 Å². The van der Waals surface area contributed by atoms with Gasteiger partial charge in [-0.2, -0.15) is 0 Å². The largest absolute Gasteiger partial charge is 0.385 e. The van der Waals surface area contributed by atoms with Crippen molar-refractivity contribution in [2.45, 2.75) is 20.8 Å². The molecule has 21 heavy (non-hydrogen) atoms. The summed E-state index contributed by atoms with van der Waals surface area (Å²) < 4.78 is 5.11. The number of benzene rings is 1. The Bertz CT molecular complexity index is 464. The van der Waals surface area contributed by atoms with E-state index in [0.717, 1.165) is 12.2 Å². The molecule has 0 aromatic heterocycles. The summed E-state index contributed by atoms with van der Waals surface area (Å²) in [6.07, 6.45) is 0. The smallest absolute Gasteiger partial charge is 0.256 e. The van der Waals surface area contributed by atoms with Gasteiger partial charge in [-0.25, -0.2) is 0 Å². The molecule has 1 N–H and O–H groups in total. The van der Waals surface area contributed by atoms with Gasteiger partial charge in [-0.05, 0) is 31.0 Å². The standard InChI is InChI=1S/C16H25ClN2O2/c1-5-18-15-7-6-13(17)10-14(15)16(20)19(8-9-21-4)11-12(2)3/h6-7,10,12,18H,5,8-9,11H2,1-4H3. The third-order valence-corrected chi connectivity index (χ3v) is 3.25. The third-order valence-electron chi connectivity index (χ3n) is 3.02. The van der Waals surface area contributed by atoms with Gasteiger partial charge in [-0.3, -0.25) is 4.79 Å². The first-order valence-corrected chi connectivity index (χ1v) is 7.69. The molecule has 1 rings (SSSR count). The van der Waals surface area contributed by atoms with Crippen molar-refractivity contribution in [1.82, 2.24) is 4.90 Å². The van der Waals surface area contributed by atoms with Crippen LogP contribution in [0.1, 0.15) is 31.1 Å². The van der Waals surface area contributed by atoms with Gasteiger partial charge in [-0.1, -0.05) is 25.4 Å². The van der Waals surface area contributed by atoms with Crippen LogP contribution in [0.2, 0.25) is 5.02 Å². The van der Waals surface area contributed by atoms with Crippen LogP contribution >= 0.6 is 11.6 Å². The molecule has 1 aromatic rings. The summed E-state index contributed by atoms with van der Waals surface area (Å²) in [5.74, 6) is 0.381. The molecule has 0 aliphatic heterocycles. The van der Waals surface area contributed by atoms with Gasteiger partial charge in [-0.15, -0.1) is 0 Å². The Balaban J connectivity index is 3.03. The minimum absolute atomic E-state index is 0.0146. The molecule has 5 heteroatoms. The van der Waals surface area contributed by atoms with E-state index in [0.29, 0.717) is 36.2 Å². The van der Waals surface area contributed by atoms with Crippen molar-refractivity contribution < 1.29 is 9.53 Å². The fourth-order valence-electron chi connectivity index (χ4n) is 2.13. The Hall–Kier alpha value is -1.26. The number of hydrogen-bond acceptors (Lipinski definition) is 3. The first kappa shape index (κ1) is 17.8. The van der Waals surface area contributed by atoms with E-state index in [1.54, 1.807) is 19.2 Å². The Labute approximate surface area is 132 Å². The summed E-state index contributed by atoms with van der Waals surface area (Å²) in [7, 11) is 1.64. The predicted molar refractivity (Wildman–Crippen MR) is 88.2 cm³/mol. The van der Waals surface area contributed by atoms with Crippen LogP contribution in [0.15, 0.2) is 18.2 Å². The molecule has 0 saturated carbocycles. The number of rotatable bonds is 8. The third kappa shape index (κ3) is 5.56. The highest BCUT2D eigenvalue weighted by Gasteiger charge is 2.20. The average molecular weight is 313 g/mol. The Morgan fingerprint density at radius 1 is 1.43 bits per heavy atom. The summed E-state index contributed by atoms with van der Waals surface area (Å²) in [5, 5.41) is 3.78. The number of ether oxygens (including phenoxy) is 1.